The lowest BCUT2D eigenvalue weighted by molar-refractivity contribution is 0.354. The number of sulfone groups is 1. The van der Waals surface area contributed by atoms with E-state index >= 15 is 0 Å². The lowest BCUT2D eigenvalue weighted by Gasteiger charge is -2.35. The van der Waals surface area contributed by atoms with Crippen molar-refractivity contribution in [2.75, 3.05) is 5.75 Å². The molecule has 1 aliphatic heterocycles. The Balaban J connectivity index is 1.78. The zero-order valence-electron chi connectivity index (χ0n) is 17.4. The molecule has 0 saturated carbocycles. The van der Waals surface area contributed by atoms with Crippen LogP contribution >= 0.6 is 0 Å². The van der Waals surface area contributed by atoms with Crippen LogP contribution in [0.2, 0.25) is 0 Å². The zero-order valence-corrected chi connectivity index (χ0v) is 18.2. The van der Waals surface area contributed by atoms with Crippen molar-refractivity contribution < 1.29 is 17.2 Å². The molecular weight excluding hydrogens is 422 g/mol. The molecule has 162 valence electrons. The van der Waals surface area contributed by atoms with Crippen molar-refractivity contribution in [2.45, 2.75) is 37.7 Å². The minimum Gasteiger partial charge on any atom is -0.384 e. The van der Waals surface area contributed by atoms with Gasteiger partial charge in [-0.1, -0.05) is 12.1 Å². The van der Waals surface area contributed by atoms with Gasteiger partial charge in [0.1, 0.15) is 17.2 Å². The van der Waals surface area contributed by atoms with Crippen LogP contribution in [-0.4, -0.2) is 35.0 Å². The lowest BCUT2D eigenvalue weighted by Crippen LogP contribution is -2.54. The molecule has 3 aromatic rings. The molecule has 2 aromatic heterocycles. The molecule has 31 heavy (non-hydrogen) atoms. The fourth-order valence-corrected chi connectivity index (χ4v) is 5.44. The predicted octanol–water partition coefficient (Wildman–Crippen LogP) is 3.35. The summed E-state index contributed by atoms with van der Waals surface area (Å²) < 4.78 is 54.3. The fourth-order valence-electron chi connectivity index (χ4n) is 3.85. The Kier molecular flexibility index (Phi) is 4.84. The molecule has 1 aliphatic rings. The summed E-state index contributed by atoms with van der Waals surface area (Å²) in [6.07, 6.45) is 3.79. The number of hydrogen-bond donors (Lipinski definition) is 1. The Hall–Kier alpha value is -2.94. The minimum absolute atomic E-state index is 0.0380. The molecule has 3 heterocycles. The first-order valence-electron chi connectivity index (χ1n) is 9.69. The molecule has 9 heteroatoms. The van der Waals surface area contributed by atoms with Crippen LogP contribution in [-0.2, 0) is 21.8 Å². The number of fused-ring (bicyclic) bond motifs is 1. The molecule has 4 rings (SSSR count). The third-order valence-electron chi connectivity index (χ3n) is 5.67. The molecule has 6 nitrogen and oxygen atoms in total. The van der Waals surface area contributed by atoms with Gasteiger partial charge in [0.15, 0.2) is 9.84 Å². The number of halogens is 2. The van der Waals surface area contributed by atoms with Crippen LogP contribution < -0.4 is 5.73 Å². The summed E-state index contributed by atoms with van der Waals surface area (Å²) in [6.45, 7) is 4.25. The van der Waals surface area contributed by atoms with Gasteiger partial charge in [-0.15, -0.1) is 0 Å². The number of nitrogens with zero attached hydrogens (tertiary/aromatic N) is 3. The number of hydrogen-bond acceptors (Lipinski definition) is 6. The molecule has 0 aliphatic carbocycles. The largest absolute Gasteiger partial charge is 0.384 e. The molecule has 0 amide bonds. The highest BCUT2D eigenvalue weighted by molar-refractivity contribution is 7.93. The molecule has 0 saturated heterocycles. The predicted molar refractivity (Wildman–Crippen MR) is 116 cm³/mol. The van der Waals surface area contributed by atoms with Crippen LogP contribution in [0.25, 0.3) is 10.9 Å². The number of nitrogens with two attached hydrogens (primary N) is 1. The van der Waals surface area contributed by atoms with E-state index in [1.165, 1.54) is 19.1 Å². The van der Waals surface area contributed by atoms with E-state index in [0.717, 1.165) is 23.4 Å². The molecule has 2 atom stereocenters. The van der Waals surface area contributed by atoms with E-state index in [4.69, 9.17) is 5.73 Å². The van der Waals surface area contributed by atoms with Crippen molar-refractivity contribution in [3.05, 3.63) is 70.9 Å². The fraction of sp³-hybridized carbons (Fsp3) is 0.318. The Morgan fingerprint density at radius 2 is 1.90 bits per heavy atom. The number of aliphatic imine (C=N–C) groups is 1. The van der Waals surface area contributed by atoms with Gasteiger partial charge in [-0.3, -0.25) is 15.0 Å². The number of rotatable bonds is 3. The van der Waals surface area contributed by atoms with Crippen LogP contribution in [0.4, 0.5) is 8.78 Å². The van der Waals surface area contributed by atoms with Crippen LogP contribution in [0.1, 0.15) is 36.2 Å². The molecule has 0 fully saturated rings. The highest BCUT2D eigenvalue weighted by Crippen LogP contribution is 2.39. The maximum absolute atomic E-state index is 14.8. The average Bonchev–Trinajstić information content (AvgIpc) is 2.67. The number of amidine groups is 1. The van der Waals surface area contributed by atoms with E-state index in [9.17, 15) is 17.2 Å². The van der Waals surface area contributed by atoms with Crippen LogP contribution in [0.5, 0.6) is 0 Å². The Morgan fingerprint density at radius 1 is 1.16 bits per heavy atom. The molecule has 0 spiro atoms. The average molecular weight is 445 g/mol. The Labute approximate surface area is 179 Å². The van der Waals surface area contributed by atoms with Gasteiger partial charge in [0.2, 0.25) is 0 Å². The van der Waals surface area contributed by atoms with Gasteiger partial charge in [0.05, 0.1) is 17.0 Å². The van der Waals surface area contributed by atoms with Gasteiger partial charge in [-0.2, -0.15) is 0 Å². The topological polar surface area (TPSA) is 98.3 Å². The third-order valence-corrected chi connectivity index (χ3v) is 7.99. The number of alkyl halides is 1. The SMILES string of the molecule is Cc1cnc2c(Cc3ccc(F)c([C@]4(C)CS(=O)(=O)[C@@](C)(F)C(N)=N4)c3)nccc2c1. The van der Waals surface area contributed by atoms with Crippen LogP contribution in [0.3, 0.4) is 0 Å². The van der Waals surface area contributed by atoms with E-state index in [0.29, 0.717) is 17.7 Å². The first kappa shape index (κ1) is 21.3. The van der Waals surface area contributed by atoms with Crippen molar-refractivity contribution in [3.8, 4) is 0 Å². The molecule has 2 N–H and O–H groups in total. The van der Waals surface area contributed by atoms with Crippen molar-refractivity contribution in [2.24, 2.45) is 10.7 Å². The highest BCUT2D eigenvalue weighted by atomic mass is 32.2. The van der Waals surface area contributed by atoms with Gasteiger partial charge in [0.25, 0.3) is 5.00 Å². The van der Waals surface area contributed by atoms with Crippen molar-refractivity contribution in [1.82, 2.24) is 9.97 Å². The summed E-state index contributed by atoms with van der Waals surface area (Å²) in [5.41, 5.74) is 7.29. The minimum atomic E-state index is -4.30. The first-order valence-corrected chi connectivity index (χ1v) is 11.3. The zero-order chi connectivity index (χ0) is 22.6. The van der Waals surface area contributed by atoms with E-state index in [-0.39, 0.29) is 5.56 Å². The maximum Gasteiger partial charge on any atom is 0.263 e. The van der Waals surface area contributed by atoms with Gasteiger partial charge in [0, 0.05) is 29.8 Å². The quantitative estimate of drug-likeness (QED) is 0.668. The van der Waals surface area contributed by atoms with Gasteiger partial charge >= 0.3 is 0 Å². The van der Waals surface area contributed by atoms with E-state index in [1.807, 2.05) is 19.1 Å². The Morgan fingerprint density at radius 3 is 2.61 bits per heavy atom. The number of aromatic nitrogens is 2. The number of benzene rings is 1. The van der Waals surface area contributed by atoms with Crippen LogP contribution in [0.15, 0.2) is 47.7 Å². The smallest absolute Gasteiger partial charge is 0.263 e. The summed E-state index contributed by atoms with van der Waals surface area (Å²) in [5.74, 6) is -2.01. The molecule has 1 aromatic carbocycles. The van der Waals surface area contributed by atoms with Crippen molar-refractivity contribution >= 4 is 26.6 Å². The van der Waals surface area contributed by atoms with E-state index < -0.39 is 37.8 Å². The normalized spacial score (nSPS) is 25.4. The van der Waals surface area contributed by atoms with Gasteiger partial charge in [-0.25, -0.2) is 17.2 Å². The van der Waals surface area contributed by atoms with Crippen molar-refractivity contribution in [3.63, 3.8) is 0 Å². The molecule has 0 radical (unpaired) electrons. The lowest BCUT2D eigenvalue weighted by atomic mass is 9.91. The van der Waals surface area contributed by atoms with E-state index in [2.05, 4.69) is 15.0 Å². The monoisotopic (exact) mass is 444 g/mol. The number of aryl methyl sites for hydroxylation is 1. The maximum atomic E-state index is 14.8. The summed E-state index contributed by atoms with van der Waals surface area (Å²) in [6, 6.07) is 8.26. The van der Waals surface area contributed by atoms with E-state index in [1.54, 1.807) is 18.5 Å². The molecule has 0 unspecified atom stereocenters. The summed E-state index contributed by atoms with van der Waals surface area (Å²) in [7, 11) is -4.30. The van der Waals surface area contributed by atoms with Crippen molar-refractivity contribution in [1.29, 1.82) is 0 Å². The Bertz CT molecular complexity index is 1340. The summed E-state index contributed by atoms with van der Waals surface area (Å²) in [5, 5.41) is -1.84. The second-order valence-electron chi connectivity index (χ2n) is 8.28. The number of pyridine rings is 2. The summed E-state index contributed by atoms with van der Waals surface area (Å²) in [4.78, 5) is 13.0. The highest BCUT2D eigenvalue weighted by Gasteiger charge is 2.52. The summed E-state index contributed by atoms with van der Waals surface area (Å²) >= 11 is 0. The van der Waals surface area contributed by atoms with Gasteiger partial charge < -0.3 is 5.73 Å². The molecule has 0 bridgehead atoms. The second-order valence-corrected chi connectivity index (χ2v) is 10.6. The third kappa shape index (κ3) is 3.56. The van der Waals surface area contributed by atoms with Gasteiger partial charge in [-0.05, 0) is 50.1 Å². The second kappa shape index (κ2) is 7.05. The van der Waals surface area contributed by atoms with Crippen LogP contribution in [0, 0.1) is 12.7 Å². The standard InChI is InChI=1S/C22H22F2N4O2S/c1-13-8-15-6-7-26-18(19(15)27-11-13)10-14-4-5-17(23)16(9-14)21(2)12-31(29,30)22(3,24)20(25)28-21/h4-9,11H,10,12H2,1-3H3,(H2,25,28)/t21-,22+/m0/s1. The first-order chi connectivity index (χ1) is 14.4. The molecular formula is C22H22F2N4O2S.